The number of hydrogen-bond acceptors (Lipinski definition) is 4. The van der Waals surface area contributed by atoms with Crippen LogP contribution in [0.15, 0.2) is 54.3 Å². The summed E-state index contributed by atoms with van der Waals surface area (Å²) in [6.45, 7) is 12.4. The van der Waals surface area contributed by atoms with Gasteiger partial charge >= 0.3 is 5.97 Å². The molecule has 0 amide bonds. The van der Waals surface area contributed by atoms with Crippen LogP contribution in [0.5, 0.6) is 11.5 Å². The molecule has 0 aliphatic heterocycles. The number of carbonyl (C=O) groups excluding carboxylic acids is 1. The van der Waals surface area contributed by atoms with Gasteiger partial charge in [0.2, 0.25) is 0 Å². The highest BCUT2D eigenvalue weighted by atomic mass is 79.9. The van der Waals surface area contributed by atoms with Crippen molar-refractivity contribution in [3.05, 3.63) is 65.4 Å². The Morgan fingerprint density at radius 2 is 1.29 bits per heavy atom. The molecule has 0 N–H and O–H groups in total. The largest absolute Gasteiger partial charge is 0.492 e. The molecule has 31 heavy (non-hydrogen) atoms. The minimum absolute atomic E-state index is 0.145. The molecule has 0 unspecified atom stereocenters. The third kappa shape index (κ3) is 6.59. The van der Waals surface area contributed by atoms with E-state index in [1.807, 2.05) is 19.1 Å². The van der Waals surface area contributed by atoms with E-state index < -0.39 is 5.97 Å². The van der Waals surface area contributed by atoms with E-state index >= 15 is 0 Å². The zero-order valence-corrected chi connectivity index (χ0v) is 24.1. The molecule has 4 nitrogen and oxygen atoms in total. The Kier molecular flexibility index (Phi) is 9.67. The summed E-state index contributed by atoms with van der Waals surface area (Å²) in [6.07, 6.45) is 0. The van der Waals surface area contributed by atoms with Crippen molar-refractivity contribution in [2.24, 2.45) is 0 Å². The Morgan fingerprint density at radius 1 is 0.871 bits per heavy atom. The summed E-state index contributed by atoms with van der Waals surface area (Å²) in [6, 6.07) is 8.24. The van der Waals surface area contributed by atoms with Gasteiger partial charge in [-0.25, -0.2) is 4.79 Å². The van der Waals surface area contributed by atoms with E-state index in [9.17, 15) is 4.79 Å². The predicted octanol–water partition coefficient (Wildman–Crippen LogP) is 7.96. The molecule has 2 rings (SSSR count). The van der Waals surface area contributed by atoms with Crippen LogP contribution in [0.2, 0.25) is 0 Å². The number of carbonyl (C=O) groups is 1. The molecule has 8 heteroatoms. The molecule has 2 aromatic rings. The predicted molar refractivity (Wildman–Crippen MR) is 138 cm³/mol. The Bertz CT molecular complexity index is 940. The Morgan fingerprint density at radius 3 is 1.68 bits per heavy atom. The summed E-state index contributed by atoms with van der Waals surface area (Å²) < 4.78 is 20.0. The first kappa shape index (κ1) is 26.4. The number of hydrogen-bond donors (Lipinski definition) is 0. The van der Waals surface area contributed by atoms with Crippen LogP contribution in [0, 0.1) is 0 Å². The highest BCUT2D eigenvalue weighted by Gasteiger charge is 2.27. The molecule has 0 aromatic heterocycles. The van der Waals surface area contributed by atoms with E-state index in [-0.39, 0.29) is 18.6 Å². The second kappa shape index (κ2) is 11.3. The van der Waals surface area contributed by atoms with Crippen LogP contribution in [0.4, 0.5) is 0 Å². The zero-order valence-electron chi connectivity index (χ0n) is 17.8. The summed E-state index contributed by atoms with van der Waals surface area (Å²) in [5, 5.41) is 0. The van der Waals surface area contributed by atoms with Gasteiger partial charge in [-0.3, -0.25) is 0 Å². The first-order valence-corrected chi connectivity index (χ1v) is 12.7. The maximum absolute atomic E-state index is 11.5. The highest BCUT2D eigenvalue weighted by Crippen LogP contribution is 2.44. The average molecular weight is 684 g/mol. The van der Waals surface area contributed by atoms with E-state index in [0.29, 0.717) is 17.9 Å². The van der Waals surface area contributed by atoms with Gasteiger partial charge in [0.1, 0.15) is 24.7 Å². The van der Waals surface area contributed by atoms with Crippen molar-refractivity contribution in [1.82, 2.24) is 0 Å². The molecule has 0 heterocycles. The van der Waals surface area contributed by atoms with Crippen molar-refractivity contribution >= 4 is 69.7 Å². The van der Waals surface area contributed by atoms with Crippen molar-refractivity contribution in [1.29, 1.82) is 0 Å². The Balaban J connectivity index is 2.25. The van der Waals surface area contributed by atoms with Crippen molar-refractivity contribution in [2.45, 2.75) is 33.1 Å². The van der Waals surface area contributed by atoms with Crippen LogP contribution >= 0.6 is 63.7 Å². The summed E-state index contributed by atoms with van der Waals surface area (Å²) in [7, 11) is 0. The van der Waals surface area contributed by atoms with Gasteiger partial charge < -0.3 is 14.2 Å². The van der Waals surface area contributed by atoms with Crippen LogP contribution in [0.25, 0.3) is 0 Å². The maximum atomic E-state index is 11.5. The van der Waals surface area contributed by atoms with Crippen molar-refractivity contribution in [2.75, 3.05) is 19.8 Å². The van der Waals surface area contributed by atoms with E-state index in [1.165, 1.54) is 0 Å². The molecule has 0 spiro atoms. The quantitative estimate of drug-likeness (QED) is 0.153. The minimum Gasteiger partial charge on any atom is -0.492 e. The van der Waals surface area contributed by atoms with Crippen LogP contribution in [-0.2, 0) is 14.9 Å². The minimum atomic E-state index is -0.425. The monoisotopic (exact) mass is 680 g/mol. The van der Waals surface area contributed by atoms with Crippen LogP contribution in [0.1, 0.15) is 38.8 Å². The summed E-state index contributed by atoms with van der Waals surface area (Å²) in [5.41, 5.74) is 2.28. The molecule has 0 fully saturated rings. The van der Waals surface area contributed by atoms with E-state index in [2.05, 4.69) is 96.3 Å². The van der Waals surface area contributed by atoms with E-state index in [4.69, 9.17) is 14.2 Å². The molecule has 2 aromatic carbocycles. The fourth-order valence-corrected chi connectivity index (χ4v) is 5.66. The van der Waals surface area contributed by atoms with E-state index in [1.54, 1.807) is 6.92 Å². The standard InChI is InChI=1S/C23H24Br4O4/c1-6-29-20-16(24)9-14(10-17(20)25)23(4,5)15-11-18(26)21(19(27)12-15)30-7-8-31-22(28)13(2)3/h9-12H,2,6-8H2,1,3-5H3. The van der Waals surface area contributed by atoms with Gasteiger partial charge in [-0.15, -0.1) is 0 Å². The lowest BCUT2D eigenvalue weighted by Crippen LogP contribution is -2.19. The average Bonchev–Trinajstić information content (AvgIpc) is 2.68. The molecule has 0 aliphatic rings. The van der Waals surface area contributed by atoms with Crippen LogP contribution in [0.3, 0.4) is 0 Å². The number of benzene rings is 2. The topological polar surface area (TPSA) is 44.8 Å². The van der Waals surface area contributed by atoms with Gasteiger partial charge in [-0.1, -0.05) is 20.4 Å². The van der Waals surface area contributed by atoms with Crippen LogP contribution < -0.4 is 9.47 Å². The molecule has 0 radical (unpaired) electrons. The number of esters is 1. The normalized spacial score (nSPS) is 11.2. The highest BCUT2D eigenvalue weighted by molar-refractivity contribution is 9.11. The lowest BCUT2D eigenvalue weighted by molar-refractivity contribution is -0.139. The molecule has 0 aliphatic carbocycles. The number of rotatable bonds is 9. The maximum Gasteiger partial charge on any atom is 0.333 e. The third-order valence-corrected chi connectivity index (χ3v) is 7.00. The fraction of sp³-hybridized carbons (Fsp3) is 0.348. The van der Waals surface area contributed by atoms with Crippen molar-refractivity contribution < 1.29 is 19.0 Å². The molecule has 0 saturated carbocycles. The Labute approximate surface area is 217 Å². The van der Waals surface area contributed by atoms with Gasteiger partial charge in [0.25, 0.3) is 0 Å². The van der Waals surface area contributed by atoms with E-state index in [0.717, 1.165) is 34.8 Å². The molecule has 0 bridgehead atoms. The third-order valence-electron chi connectivity index (χ3n) is 4.64. The fourth-order valence-electron chi connectivity index (χ4n) is 2.83. The SMILES string of the molecule is C=C(C)C(=O)OCCOc1c(Br)cc(C(C)(C)c2cc(Br)c(OCC)c(Br)c2)cc1Br. The smallest absolute Gasteiger partial charge is 0.333 e. The lowest BCUT2D eigenvalue weighted by Gasteiger charge is -2.28. The first-order chi connectivity index (χ1) is 14.5. The molecular weight excluding hydrogens is 660 g/mol. The van der Waals surface area contributed by atoms with Gasteiger partial charge in [0.05, 0.1) is 24.5 Å². The first-order valence-electron chi connectivity index (χ1n) is 9.56. The number of halogens is 4. The Hall–Kier alpha value is -0.830. The van der Waals surface area contributed by atoms with Crippen molar-refractivity contribution in [3.8, 4) is 11.5 Å². The molecular formula is C23H24Br4O4. The summed E-state index contributed by atoms with van der Waals surface area (Å²) >= 11 is 14.5. The second-order valence-electron chi connectivity index (χ2n) is 7.36. The van der Waals surface area contributed by atoms with Gasteiger partial charge in [0.15, 0.2) is 0 Å². The van der Waals surface area contributed by atoms with Gasteiger partial charge in [-0.2, -0.15) is 0 Å². The second-order valence-corrected chi connectivity index (χ2v) is 10.8. The lowest BCUT2D eigenvalue weighted by atomic mass is 9.78. The summed E-state index contributed by atoms with van der Waals surface area (Å²) in [5.74, 6) is 1.02. The molecule has 168 valence electrons. The van der Waals surface area contributed by atoms with Crippen molar-refractivity contribution in [3.63, 3.8) is 0 Å². The van der Waals surface area contributed by atoms with Gasteiger partial charge in [-0.05, 0) is 113 Å². The molecule has 0 saturated heterocycles. The van der Waals surface area contributed by atoms with Gasteiger partial charge in [0, 0.05) is 11.0 Å². The summed E-state index contributed by atoms with van der Waals surface area (Å²) in [4.78, 5) is 11.5. The molecule has 0 atom stereocenters. The zero-order chi connectivity index (χ0) is 23.3. The number of ether oxygens (including phenoxy) is 3. The van der Waals surface area contributed by atoms with Crippen LogP contribution in [-0.4, -0.2) is 25.8 Å².